The van der Waals surface area contributed by atoms with E-state index in [4.69, 9.17) is 14.6 Å². The van der Waals surface area contributed by atoms with Crippen LogP contribution in [-0.4, -0.2) is 38.9 Å². The number of hydrogen-bond acceptors (Lipinski definition) is 7. The molecule has 0 saturated carbocycles. The van der Waals surface area contributed by atoms with Gasteiger partial charge in [-0.1, -0.05) is 0 Å². The van der Waals surface area contributed by atoms with E-state index in [9.17, 15) is 19.1 Å². The highest BCUT2D eigenvalue weighted by Gasteiger charge is 2.34. The van der Waals surface area contributed by atoms with Crippen LogP contribution in [0.25, 0.3) is 22.3 Å². The quantitative estimate of drug-likeness (QED) is 0.376. The van der Waals surface area contributed by atoms with Crippen LogP contribution in [0.1, 0.15) is 33.9 Å². The number of fused-ring (bicyclic) bond motifs is 5. The van der Waals surface area contributed by atoms with Gasteiger partial charge in [0, 0.05) is 22.6 Å². The summed E-state index contributed by atoms with van der Waals surface area (Å²) in [5.41, 5.74) is 3.35. The molecule has 0 bridgehead atoms. The molecule has 0 aliphatic carbocycles. The molecule has 4 heterocycles. The first-order valence-corrected chi connectivity index (χ1v) is 9.82. The van der Waals surface area contributed by atoms with Gasteiger partial charge in [0.1, 0.15) is 12.4 Å². The predicted molar refractivity (Wildman–Crippen MR) is 107 cm³/mol. The third kappa shape index (κ3) is 2.96. The summed E-state index contributed by atoms with van der Waals surface area (Å²) in [5, 5.41) is 20.0. The largest absolute Gasteiger partial charge is 0.458 e. The smallest absolute Gasteiger partial charge is 0.340 e. The molecule has 0 amide bonds. The van der Waals surface area contributed by atoms with E-state index in [1.807, 2.05) is 0 Å². The minimum absolute atomic E-state index is 0.131. The molecule has 1 aromatic carbocycles. The summed E-state index contributed by atoms with van der Waals surface area (Å²) >= 11 is 0. The molecular formula is C22H19FN2O6. The zero-order valence-electron chi connectivity index (χ0n) is 16.6. The lowest BCUT2D eigenvalue weighted by Crippen LogP contribution is -2.32. The number of aliphatic hydroxyl groups is 2. The van der Waals surface area contributed by atoms with Crippen LogP contribution in [0.5, 0.6) is 0 Å². The van der Waals surface area contributed by atoms with E-state index < -0.39 is 17.9 Å². The van der Waals surface area contributed by atoms with Crippen LogP contribution >= 0.6 is 0 Å². The molecular weight excluding hydrogens is 407 g/mol. The number of benzene rings is 1. The van der Waals surface area contributed by atoms with Gasteiger partial charge in [-0.25, -0.2) is 14.2 Å². The van der Waals surface area contributed by atoms with Crippen LogP contribution in [0.15, 0.2) is 23.0 Å². The molecule has 3 aromatic rings. The Morgan fingerprint density at radius 2 is 2.10 bits per heavy atom. The number of nitrogens with zero attached hydrogens (tertiary/aromatic N) is 2. The first-order valence-electron chi connectivity index (χ1n) is 9.82. The topological polar surface area (TPSA) is 111 Å². The highest BCUT2D eigenvalue weighted by Crippen LogP contribution is 2.38. The number of pyridine rings is 2. The Morgan fingerprint density at radius 1 is 1.29 bits per heavy atom. The van der Waals surface area contributed by atoms with Gasteiger partial charge in [-0.3, -0.25) is 4.79 Å². The van der Waals surface area contributed by atoms with Crippen molar-refractivity contribution in [3.63, 3.8) is 0 Å². The minimum Gasteiger partial charge on any atom is -0.458 e. The van der Waals surface area contributed by atoms with Crippen LogP contribution in [0.4, 0.5) is 4.39 Å². The van der Waals surface area contributed by atoms with Crippen LogP contribution < -0.4 is 5.56 Å². The first-order chi connectivity index (χ1) is 14.9. The number of carbonyl (C=O) groups is 1. The summed E-state index contributed by atoms with van der Waals surface area (Å²) in [6.45, 7) is 1.82. The van der Waals surface area contributed by atoms with Gasteiger partial charge in [0.05, 0.1) is 48.8 Å². The van der Waals surface area contributed by atoms with Crippen molar-refractivity contribution in [3.8, 4) is 11.4 Å². The Morgan fingerprint density at radius 3 is 2.87 bits per heavy atom. The standard InChI is InChI=1S/C22H19FN2O6/c1-10-4-11-14(8-30-3-2-26)13-7-25-18(19(13)24-17(11)6-16(10)23)5-12-15(21(25)28)9-31-22(29)20(12)27/h4-6,20,26-27H,2-3,7-9H2,1H3. The molecule has 160 valence electrons. The Kier molecular flexibility index (Phi) is 4.62. The Labute approximate surface area is 175 Å². The Hall–Kier alpha value is -3.14. The van der Waals surface area contributed by atoms with E-state index in [1.54, 1.807) is 19.1 Å². The number of ether oxygens (including phenoxy) is 2. The van der Waals surface area contributed by atoms with Gasteiger partial charge in [-0.05, 0) is 30.2 Å². The third-order valence-electron chi connectivity index (χ3n) is 5.84. The number of aryl methyl sites for hydroxylation is 1. The fourth-order valence-corrected chi connectivity index (χ4v) is 4.24. The van der Waals surface area contributed by atoms with Crippen molar-refractivity contribution in [2.45, 2.75) is 32.8 Å². The van der Waals surface area contributed by atoms with Crippen LogP contribution in [0, 0.1) is 12.7 Å². The zero-order valence-corrected chi connectivity index (χ0v) is 16.6. The lowest BCUT2D eigenvalue weighted by Gasteiger charge is -2.21. The van der Waals surface area contributed by atoms with Gasteiger partial charge in [0.25, 0.3) is 5.56 Å². The van der Waals surface area contributed by atoms with Gasteiger partial charge in [-0.15, -0.1) is 0 Å². The molecule has 1 atom stereocenters. The van der Waals surface area contributed by atoms with Crippen molar-refractivity contribution in [3.05, 3.63) is 62.2 Å². The van der Waals surface area contributed by atoms with Gasteiger partial charge in [0.2, 0.25) is 0 Å². The lowest BCUT2D eigenvalue weighted by molar-refractivity contribution is -0.157. The number of aliphatic hydroxyl groups excluding tert-OH is 2. The zero-order chi connectivity index (χ0) is 21.9. The molecule has 0 radical (unpaired) electrons. The molecule has 0 fully saturated rings. The van der Waals surface area contributed by atoms with Crippen molar-refractivity contribution in [1.29, 1.82) is 0 Å². The first kappa shape index (κ1) is 19.8. The number of halogens is 1. The second-order valence-corrected chi connectivity index (χ2v) is 7.68. The predicted octanol–water partition coefficient (Wildman–Crippen LogP) is 1.47. The van der Waals surface area contributed by atoms with E-state index in [-0.39, 0.29) is 49.7 Å². The normalized spacial score (nSPS) is 16.8. The van der Waals surface area contributed by atoms with Gasteiger partial charge in [0.15, 0.2) is 6.10 Å². The molecule has 2 aromatic heterocycles. The average molecular weight is 426 g/mol. The average Bonchev–Trinajstić information content (AvgIpc) is 3.11. The summed E-state index contributed by atoms with van der Waals surface area (Å²) in [7, 11) is 0. The van der Waals surface area contributed by atoms with Crippen molar-refractivity contribution in [2.24, 2.45) is 0 Å². The molecule has 0 spiro atoms. The maximum Gasteiger partial charge on any atom is 0.340 e. The summed E-state index contributed by atoms with van der Waals surface area (Å²) < 4.78 is 26.3. The summed E-state index contributed by atoms with van der Waals surface area (Å²) in [4.78, 5) is 29.5. The van der Waals surface area contributed by atoms with Crippen LogP contribution in [0.3, 0.4) is 0 Å². The van der Waals surface area contributed by atoms with Crippen molar-refractivity contribution >= 4 is 16.9 Å². The van der Waals surface area contributed by atoms with Gasteiger partial charge < -0.3 is 24.3 Å². The monoisotopic (exact) mass is 426 g/mol. The maximum absolute atomic E-state index is 14.3. The van der Waals surface area contributed by atoms with Gasteiger partial charge in [-0.2, -0.15) is 0 Å². The van der Waals surface area contributed by atoms with Gasteiger partial charge >= 0.3 is 5.97 Å². The lowest BCUT2D eigenvalue weighted by atomic mass is 9.98. The fourth-order valence-electron chi connectivity index (χ4n) is 4.24. The van der Waals surface area contributed by atoms with Crippen LogP contribution in [-0.2, 0) is 34.0 Å². The van der Waals surface area contributed by atoms with E-state index >= 15 is 0 Å². The molecule has 31 heavy (non-hydrogen) atoms. The number of rotatable bonds is 4. The third-order valence-corrected chi connectivity index (χ3v) is 5.84. The molecule has 2 aliphatic heterocycles. The number of aromatic nitrogens is 2. The molecule has 1 unspecified atom stereocenters. The fraction of sp³-hybridized carbons (Fsp3) is 0.318. The SMILES string of the molecule is Cc1cc2c(COCCO)c3c(nc2cc1F)-c1cc2c(c(=O)n1C3)COC(=O)C2O. The number of hydrogen-bond donors (Lipinski definition) is 2. The van der Waals surface area contributed by atoms with Crippen molar-refractivity contribution in [2.75, 3.05) is 13.2 Å². The van der Waals surface area contributed by atoms with Crippen molar-refractivity contribution in [1.82, 2.24) is 9.55 Å². The summed E-state index contributed by atoms with van der Waals surface area (Å²) in [6, 6.07) is 4.61. The van der Waals surface area contributed by atoms with E-state index in [0.29, 0.717) is 27.9 Å². The molecule has 9 heteroatoms. The van der Waals surface area contributed by atoms with E-state index in [1.165, 1.54) is 10.6 Å². The number of esters is 1. The summed E-state index contributed by atoms with van der Waals surface area (Å²) in [5.74, 6) is -1.21. The number of cyclic esters (lactones) is 1. The Bertz CT molecular complexity index is 1320. The van der Waals surface area contributed by atoms with Crippen LogP contribution in [0.2, 0.25) is 0 Å². The van der Waals surface area contributed by atoms with Crippen molar-refractivity contribution < 1.29 is 28.9 Å². The van der Waals surface area contributed by atoms with E-state index in [0.717, 1.165) is 11.1 Å². The Balaban J connectivity index is 1.76. The second kappa shape index (κ2) is 7.23. The molecule has 2 aliphatic rings. The molecule has 5 rings (SSSR count). The van der Waals surface area contributed by atoms with E-state index in [2.05, 4.69) is 4.98 Å². The highest BCUT2D eigenvalue weighted by atomic mass is 19.1. The molecule has 2 N–H and O–H groups in total. The minimum atomic E-state index is -1.54. The highest BCUT2D eigenvalue weighted by molar-refractivity contribution is 5.89. The maximum atomic E-state index is 14.3. The molecule has 8 nitrogen and oxygen atoms in total. The molecule has 0 saturated heterocycles. The second-order valence-electron chi connectivity index (χ2n) is 7.68. The summed E-state index contributed by atoms with van der Waals surface area (Å²) in [6.07, 6.45) is -1.54. The number of carbonyl (C=O) groups excluding carboxylic acids is 1.